The lowest BCUT2D eigenvalue weighted by atomic mass is 10.0. The summed E-state index contributed by atoms with van der Waals surface area (Å²) in [5, 5.41) is 0. The number of rotatable bonds is 10. The van der Waals surface area contributed by atoms with Gasteiger partial charge in [-0.2, -0.15) is 0 Å². The molecule has 3 atom stereocenters. The molecule has 0 aliphatic rings. The highest BCUT2D eigenvalue weighted by Crippen LogP contribution is 2.07. The van der Waals surface area contributed by atoms with Crippen LogP contribution in [0.25, 0.3) is 0 Å². The zero-order chi connectivity index (χ0) is 17.3. The topological polar surface area (TPSA) is 108 Å². The minimum Gasteiger partial charge on any atom is -0.461 e. The molecule has 6 nitrogen and oxygen atoms in total. The van der Waals surface area contributed by atoms with Crippen molar-refractivity contribution in [2.75, 3.05) is 6.61 Å². The number of hydrogen-bond donors (Lipinski definition) is 2. The van der Waals surface area contributed by atoms with E-state index < -0.39 is 0 Å². The lowest BCUT2D eigenvalue weighted by molar-refractivity contribution is -0.412. The average Bonchev–Trinajstić information content (AvgIpc) is 2.36. The van der Waals surface area contributed by atoms with Gasteiger partial charge in [0.05, 0.1) is 6.61 Å². The number of hydrogen-bond acceptors (Lipinski definition) is 4. The summed E-state index contributed by atoms with van der Waals surface area (Å²) < 4.78 is 10.5. The Kier molecular flexibility index (Phi) is 10.0. The molecule has 6 N–H and O–H groups in total. The van der Waals surface area contributed by atoms with Crippen molar-refractivity contribution in [2.45, 2.75) is 72.1 Å². The monoisotopic (exact) mass is 318 g/mol. The summed E-state index contributed by atoms with van der Waals surface area (Å²) in [4.78, 5) is 23.5. The predicted octanol–water partition coefficient (Wildman–Crippen LogP) is 0.165. The number of quaternary nitrogens is 2. The van der Waals surface area contributed by atoms with Crippen molar-refractivity contribution in [1.29, 1.82) is 0 Å². The number of esters is 2. The van der Waals surface area contributed by atoms with Gasteiger partial charge in [0.25, 0.3) is 0 Å². The zero-order valence-electron chi connectivity index (χ0n) is 14.8. The second-order valence-electron chi connectivity index (χ2n) is 6.86. The van der Waals surface area contributed by atoms with Gasteiger partial charge in [-0.3, -0.25) is 0 Å². The molecule has 0 aromatic heterocycles. The Labute approximate surface area is 133 Å². The molecular weight excluding hydrogens is 284 g/mol. The first-order valence-electron chi connectivity index (χ1n) is 8.16. The highest BCUT2D eigenvalue weighted by atomic mass is 16.6. The van der Waals surface area contributed by atoms with E-state index in [1.807, 2.05) is 27.7 Å². The van der Waals surface area contributed by atoms with Gasteiger partial charge in [0.2, 0.25) is 0 Å². The van der Waals surface area contributed by atoms with Crippen molar-refractivity contribution in [1.82, 2.24) is 0 Å². The van der Waals surface area contributed by atoms with E-state index in [1.54, 1.807) is 6.92 Å². The van der Waals surface area contributed by atoms with E-state index in [0.717, 1.165) is 0 Å². The lowest BCUT2D eigenvalue weighted by Crippen LogP contribution is -2.66. The summed E-state index contributed by atoms with van der Waals surface area (Å²) in [7, 11) is 0. The van der Waals surface area contributed by atoms with Crippen molar-refractivity contribution >= 4 is 11.9 Å². The number of carbonyl (C=O) groups is 2. The highest BCUT2D eigenvalue weighted by molar-refractivity contribution is 5.74. The molecule has 0 aromatic rings. The molecule has 6 heteroatoms. The van der Waals surface area contributed by atoms with Crippen LogP contribution in [0.2, 0.25) is 0 Å². The molecule has 0 bridgehead atoms. The smallest absolute Gasteiger partial charge is 0.365 e. The zero-order valence-corrected chi connectivity index (χ0v) is 14.8. The second-order valence-corrected chi connectivity index (χ2v) is 6.86. The summed E-state index contributed by atoms with van der Waals surface area (Å²) in [5.41, 5.74) is 7.63. The Morgan fingerprint density at radius 1 is 0.864 bits per heavy atom. The maximum absolute atomic E-state index is 11.8. The first kappa shape index (κ1) is 20.9. The van der Waals surface area contributed by atoms with Crippen LogP contribution in [0.3, 0.4) is 0 Å². The van der Waals surface area contributed by atoms with E-state index in [1.165, 1.54) is 0 Å². The van der Waals surface area contributed by atoms with Crippen molar-refractivity contribution in [3.8, 4) is 0 Å². The molecule has 0 rings (SSSR count). The third-order valence-electron chi connectivity index (χ3n) is 3.26. The fourth-order valence-corrected chi connectivity index (χ4v) is 2.13. The quantitative estimate of drug-likeness (QED) is 0.559. The van der Waals surface area contributed by atoms with Gasteiger partial charge in [-0.15, -0.1) is 0 Å². The third kappa shape index (κ3) is 9.73. The van der Waals surface area contributed by atoms with E-state index in [9.17, 15) is 9.59 Å². The Balaban J connectivity index is 3.96. The third-order valence-corrected chi connectivity index (χ3v) is 3.26. The van der Waals surface area contributed by atoms with Gasteiger partial charge in [0.15, 0.2) is 12.1 Å². The van der Waals surface area contributed by atoms with Gasteiger partial charge >= 0.3 is 11.9 Å². The molecule has 0 heterocycles. The van der Waals surface area contributed by atoms with Crippen molar-refractivity contribution in [3.63, 3.8) is 0 Å². The van der Waals surface area contributed by atoms with Crippen LogP contribution in [0.1, 0.15) is 53.9 Å². The van der Waals surface area contributed by atoms with Crippen LogP contribution >= 0.6 is 0 Å². The predicted molar refractivity (Wildman–Crippen MR) is 83.4 cm³/mol. The summed E-state index contributed by atoms with van der Waals surface area (Å²) in [6, 6.07) is -0.687. The van der Waals surface area contributed by atoms with Gasteiger partial charge in [-0.05, 0) is 18.8 Å². The van der Waals surface area contributed by atoms with Crippen molar-refractivity contribution < 1.29 is 30.5 Å². The Morgan fingerprint density at radius 2 is 1.32 bits per heavy atom. The lowest BCUT2D eigenvalue weighted by Gasteiger charge is -2.16. The maximum Gasteiger partial charge on any atom is 0.365 e. The van der Waals surface area contributed by atoms with Crippen LogP contribution in [-0.4, -0.2) is 36.7 Å². The molecular formula is C16H34N2O4+2. The standard InChI is InChI=1S/C16H32N2O4/c1-10(2)8-13(17)15(19)21-7-6-12(5)22-16(20)14(18)9-11(3)4/h10-14H,6-9,17-18H2,1-5H3/p+2/t12-,13+,14+/m1/s1. The minimum atomic E-state index is -0.347. The first-order chi connectivity index (χ1) is 10.1. The Hall–Kier alpha value is -1.14. The second kappa shape index (κ2) is 10.6. The molecule has 0 fully saturated rings. The summed E-state index contributed by atoms with van der Waals surface area (Å²) in [6.45, 7) is 10.2. The van der Waals surface area contributed by atoms with Crippen LogP contribution < -0.4 is 11.5 Å². The van der Waals surface area contributed by atoms with E-state index in [-0.39, 0.29) is 36.7 Å². The van der Waals surface area contributed by atoms with Crippen molar-refractivity contribution in [3.05, 3.63) is 0 Å². The van der Waals surface area contributed by atoms with Gasteiger partial charge in [0, 0.05) is 19.3 Å². The summed E-state index contributed by atoms with van der Waals surface area (Å²) in [5.74, 6) is 0.232. The average molecular weight is 318 g/mol. The van der Waals surface area contributed by atoms with Crippen LogP contribution in [-0.2, 0) is 19.1 Å². The molecule has 0 spiro atoms. The SMILES string of the molecule is CC(C)C[C@H]([NH3+])C(=O)OCC[C@@H](C)OC(=O)[C@@H]([NH3+])CC(C)C. The minimum absolute atomic E-state index is 0.239. The van der Waals surface area contributed by atoms with Gasteiger partial charge in [-0.25, -0.2) is 9.59 Å². The Morgan fingerprint density at radius 3 is 1.77 bits per heavy atom. The number of carbonyl (C=O) groups excluding carboxylic acids is 2. The fourth-order valence-electron chi connectivity index (χ4n) is 2.13. The summed E-state index contributed by atoms with van der Waals surface area (Å²) >= 11 is 0. The normalized spacial score (nSPS) is 15.5. The van der Waals surface area contributed by atoms with Crippen LogP contribution in [0.4, 0.5) is 0 Å². The van der Waals surface area contributed by atoms with Crippen LogP contribution in [0.15, 0.2) is 0 Å². The molecule has 0 saturated carbocycles. The molecule has 0 aromatic carbocycles. The van der Waals surface area contributed by atoms with Crippen molar-refractivity contribution in [2.24, 2.45) is 11.8 Å². The molecule has 0 aliphatic heterocycles. The molecule has 0 aliphatic carbocycles. The molecule has 0 radical (unpaired) electrons. The summed E-state index contributed by atoms with van der Waals surface area (Å²) in [6.07, 6.45) is 1.62. The first-order valence-corrected chi connectivity index (χ1v) is 8.16. The van der Waals surface area contributed by atoms with E-state index in [2.05, 4.69) is 11.5 Å². The van der Waals surface area contributed by atoms with E-state index in [0.29, 0.717) is 31.1 Å². The van der Waals surface area contributed by atoms with Crippen LogP contribution in [0, 0.1) is 11.8 Å². The molecule has 0 unspecified atom stereocenters. The Bertz CT molecular complexity index is 345. The van der Waals surface area contributed by atoms with Gasteiger partial charge in [0.1, 0.15) is 6.10 Å². The van der Waals surface area contributed by atoms with E-state index in [4.69, 9.17) is 9.47 Å². The number of ether oxygens (including phenoxy) is 2. The molecule has 130 valence electrons. The molecule has 22 heavy (non-hydrogen) atoms. The fraction of sp³-hybridized carbons (Fsp3) is 0.875. The highest BCUT2D eigenvalue weighted by Gasteiger charge is 2.23. The largest absolute Gasteiger partial charge is 0.461 e. The maximum atomic E-state index is 11.8. The molecule has 0 saturated heterocycles. The van der Waals surface area contributed by atoms with Crippen LogP contribution in [0.5, 0.6) is 0 Å². The molecule has 0 amide bonds. The van der Waals surface area contributed by atoms with Gasteiger partial charge in [-0.1, -0.05) is 27.7 Å². The van der Waals surface area contributed by atoms with E-state index >= 15 is 0 Å². The van der Waals surface area contributed by atoms with Gasteiger partial charge < -0.3 is 20.9 Å².